The topological polar surface area (TPSA) is 89.4 Å². The van der Waals surface area contributed by atoms with Crippen LogP contribution < -0.4 is 14.8 Å². The molecule has 0 aromatic heterocycles. The fraction of sp³-hybridized carbons (Fsp3) is 0.257. The molecule has 0 spiro atoms. The molecule has 1 aliphatic rings. The highest BCUT2D eigenvalue weighted by Gasteiger charge is 2.53. The third-order valence-electron chi connectivity index (χ3n) is 7.32. The first kappa shape index (κ1) is 28.9. The van der Waals surface area contributed by atoms with Crippen LogP contribution in [0.5, 0.6) is 11.5 Å². The van der Waals surface area contributed by atoms with Crippen LogP contribution in [0.3, 0.4) is 0 Å². The number of aliphatic hydroxyl groups is 1. The third kappa shape index (κ3) is 6.64. The molecule has 4 aromatic carbocycles. The highest BCUT2D eigenvalue weighted by Crippen LogP contribution is 2.42. The second kappa shape index (κ2) is 13.8. The molecule has 1 aliphatic heterocycles. The van der Waals surface area contributed by atoms with Gasteiger partial charge >= 0.3 is 0 Å². The fourth-order valence-corrected chi connectivity index (χ4v) is 5.19. The Labute approximate surface area is 246 Å². The van der Waals surface area contributed by atoms with Crippen LogP contribution in [-0.4, -0.2) is 49.3 Å². The molecule has 42 heavy (non-hydrogen) atoms. The lowest BCUT2D eigenvalue weighted by Gasteiger charge is -2.31. The number of aliphatic hydroxyl groups excluding tert-OH is 1. The number of nitrogens with zero attached hydrogens (tertiary/aromatic N) is 1. The van der Waals surface area contributed by atoms with Crippen molar-refractivity contribution in [3.63, 3.8) is 0 Å². The van der Waals surface area contributed by atoms with Crippen molar-refractivity contribution in [2.75, 3.05) is 26.9 Å². The normalized spacial score (nSPS) is 17.7. The van der Waals surface area contributed by atoms with Gasteiger partial charge in [-0.05, 0) is 53.4 Å². The van der Waals surface area contributed by atoms with E-state index in [1.807, 2.05) is 109 Å². The zero-order valence-electron chi connectivity index (χ0n) is 23.7. The van der Waals surface area contributed by atoms with Gasteiger partial charge in [-0.1, -0.05) is 78.9 Å². The van der Waals surface area contributed by atoms with E-state index in [1.165, 1.54) is 0 Å². The van der Waals surface area contributed by atoms with Crippen molar-refractivity contribution in [1.82, 2.24) is 5.32 Å². The molecule has 216 valence electrons. The quantitative estimate of drug-likeness (QED) is 0.215. The third-order valence-corrected chi connectivity index (χ3v) is 7.32. The zero-order chi connectivity index (χ0) is 29.2. The number of carbonyl (C=O) groups excluding carboxylic acids is 1. The molecule has 0 saturated carbocycles. The van der Waals surface area contributed by atoms with Gasteiger partial charge in [0.1, 0.15) is 11.5 Å². The van der Waals surface area contributed by atoms with Crippen molar-refractivity contribution in [3.05, 3.63) is 131 Å². The summed E-state index contributed by atoms with van der Waals surface area (Å²) in [6.07, 6.45) is 0.896. The zero-order valence-corrected chi connectivity index (χ0v) is 23.7. The largest absolute Gasteiger partial charge is 0.496 e. The Balaban J connectivity index is 1.48. The van der Waals surface area contributed by atoms with Gasteiger partial charge in [-0.15, -0.1) is 0 Å². The first-order chi connectivity index (χ1) is 20.6. The summed E-state index contributed by atoms with van der Waals surface area (Å²) in [5, 5.41) is 12.2. The van der Waals surface area contributed by atoms with Gasteiger partial charge in [-0.25, -0.2) is 4.99 Å². The van der Waals surface area contributed by atoms with Gasteiger partial charge in [0.2, 0.25) is 5.90 Å². The summed E-state index contributed by atoms with van der Waals surface area (Å²) in [7, 11) is 1.65. The van der Waals surface area contributed by atoms with E-state index in [4.69, 9.17) is 24.3 Å². The molecule has 0 radical (unpaired) electrons. The number of ether oxygens (including phenoxy) is 3. The standard InChI is InChI=1S/C35H36N2O5/c1-40-31-16-9-8-13-27(31)21-22-36-34(39)35(25-26-11-4-2-5-12-26)32(28-14-6-3-7-15-28)42-33(37-35)29-17-19-30(20-18-29)41-24-10-23-38/h2-9,11-20,32,38H,10,21-25H2,1H3,(H,36,39)/t32-,35-/m1/s1. The van der Waals surface area contributed by atoms with Gasteiger partial charge in [0.15, 0.2) is 11.6 Å². The number of rotatable bonds is 13. The number of hydrogen-bond donors (Lipinski definition) is 2. The number of amides is 1. The van der Waals surface area contributed by atoms with Crippen LogP contribution in [0.25, 0.3) is 0 Å². The highest BCUT2D eigenvalue weighted by molar-refractivity contribution is 6.01. The maximum Gasteiger partial charge on any atom is 0.252 e. The maximum atomic E-state index is 14.3. The summed E-state index contributed by atoms with van der Waals surface area (Å²) in [6.45, 7) is 0.925. The number of hydrogen-bond acceptors (Lipinski definition) is 6. The van der Waals surface area contributed by atoms with Crippen molar-refractivity contribution < 1.29 is 24.1 Å². The molecule has 0 unspecified atom stereocenters. The van der Waals surface area contributed by atoms with Crippen LogP contribution in [0.1, 0.15) is 34.8 Å². The first-order valence-corrected chi connectivity index (χ1v) is 14.2. The smallest absolute Gasteiger partial charge is 0.252 e. The van der Waals surface area contributed by atoms with E-state index in [-0.39, 0.29) is 12.5 Å². The van der Waals surface area contributed by atoms with Crippen molar-refractivity contribution in [2.45, 2.75) is 30.9 Å². The first-order valence-electron chi connectivity index (χ1n) is 14.2. The SMILES string of the molecule is COc1ccccc1CCNC(=O)[C@]1(Cc2ccccc2)N=C(c2ccc(OCCCO)cc2)O[C@@H]1c1ccccc1. The number of aliphatic imine (C=N–C) groups is 1. The number of nitrogens with one attached hydrogen (secondary N) is 1. The van der Waals surface area contributed by atoms with Crippen LogP contribution in [0.2, 0.25) is 0 Å². The second-order valence-corrected chi connectivity index (χ2v) is 10.2. The Morgan fingerprint density at radius 1 is 0.929 bits per heavy atom. The van der Waals surface area contributed by atoms with E-state index in [0.29, 0.717) is 44.1 Å². The van der Waals surface area contributed by atoms with Gasteiger partial charge in [0.25, 0.3) is 5.91 Å². The maximum absolute atomic E-state index is 14.3. The van der Waals surface area contributed by atoms with Gasteiger partial charge < -0.3 is 24.6 Å². The monoisotopic (exact) mass is 564 g/mol. The lowest BCUT2D eigenvalue weighted by Crippen LogP contribution is -2.50. The molecule has 2 atom stereocenters. The molecule has 0 bridgehead atoms. The minimum absolute atomic E-state index is 0.0774. The molecule has 7 heteroatoms. The summed E-state index contributed by atoms with van der Waals surface area (Å²) in [5.74, 6) is 1.69. The van der Waals surface area contributed by atoms with Crippen LogP contribution >= 0.6 is 0 Å². The summed E-state index contributed by atoms with van der Waals surface area (Å²) in [6, 6.07) is 35.0. The van der Waals surface area contributed by atoms with Crippen molar-refractivity contribution in [1.29, 1.82) is 0 Å². The van der Waals surface area contributed by atoms with Gasteiger partial charge in [0.05, 0.1) is 13.7 Å². The van der Waals surface area contributed by atoms with E-state index in [1.54, 1.807) is 7.11 Å². The molecule has 1 heterocycles. The Morgan fingerprint density at radius 3 is 2.33 bits per heavy atom. The van der Waals surface area contributed by atoms with E-state index in [0.717, 1.165) is 28.0 Å². The van der Waals surface area contributed by atoms with E-state index in [9.17, 15) is 4.79 Å². The molecule has 0 saturated heterocycles. The molecular formula is C35H36N2O5. The van der Waals surface area contributed by atoms with Crippen molar-refractivity contribution in [2.24, 2.45) is 4.99 Å². The molecular weight excluding hydrogens is 528 g/mol. The van der Waals surface area contributed by atoms with Gasteiger partial charge in [-0.3, -0.25) is 4.79 Å². The molecule has 0 aliphatic carbocycles. The molecule has 5 rings (SSSR count). The van der Waals surface area contributed by atoms with Crippen molar-refractivity contribution >= 4 is 11.8 Å². The lowest BCUT2D eigenvalue weighted by molar-refractivity contribution is -0.128. The van der Waals surface area contributed by atoms with Gasteiger partial charge in [0, 0.05) is 31.6 Å². The Kier molecular flexibility index (Phi) is 9.51. The predicted octanol–water partition coefficient (Wildman–Crippen LogP) is 5.31. The summed E-state index contributed by atoms with van der Waals surface area (Å²) < 4.78 is 17.8. The molecule has 0 fully saturated rings. The average molecular weight is 565 g/mol. The molecule has 1 amide bonds. The minimum Gasteiger partial charge on any atom is -0.496 e. The second-order valence-electron chi connectivity index (χ2n) is 10.2. The van der Waals surface area contributed by atoms with Crippen LogP contribution in [0.15, 0.2) is 114 Å². The predicted molar refractivity (Wildman–Crippen MR) is 163 cm³/mol. The number of methoxy groups -OCH3 is 1. The fourth-order valence-electron chi connectivity index (χ4n) is 5.19. The Hall–Kier alpha value is -4.62. The molecule has 7 nitrogen and oxygen atoms in total. The Bertz CT molecular complexity index is 1470. The van der Waals surface area contributed by atoms with Crippen molar-refractivity contribution in [3.8, 4) is 11.5 Å². The number of benzene rings is 4. The van der Waals surface area contributed by atoms with E-state index < -0.39 is 11.6 Å². The highest BCUT2D eigenvalue weighted by atomic mass is 16.5. The van der Waals surface area contributed by atoms with E-state index >= 15 is 0 Å². The minimum atomic E-state index is -1.24. The number of para-hydroxylation sites is 1. The van der Waals surface area contributed by atoms with Crippen LogP contribution in [0, 0.1) is 0 Å². The molecule has 2 N–H and O–H groups in total. The summed E-state index contributed by atoms with van der Waals surface area (Å²) in [5.41, 5.74) is 2.39. The van der Waals surface area contributed by atoms with Crippen LogP contribution in [-0.2, 0) is 22.4 Å². The lowest BCUT2D eigenvalue weighted by atomic mass is 9.82. The Morgan fingerprint density at radius 2 is 1.62 bits per heavy atom. The summed E-state index contributed by atoms with van der Waals surface area (Å²) in [4.78, 5) is 19.4. The van der Waals surface area contributed by atoms with Crippen LogP contribution in [0.4, 0.5) is 0 Å². The summed E-state index contributed by atoms with van der Waals surface area (Å²) >= 11 is 0. The average Bonchev–Trinajstić information content (AvgIpc) is 3.43. The van der Waals surface area contributed by atoms with Gasteiger partial charge in [-0.2, -0.15) is 0 Å². The number of carbonyl (C=O) groups is 1. The van der Waals surface area contributed by atoms with E-state index in [2.05, 4.69) is 5.32 Å². The molecule has 4 aromatic rings.